The third kappa shape index (κ3) is 4.71. The fourth-order valence-electron chi connectivity index (χ4n) is 1.61. The Morgan fingerprint density at radius 3 is 2.60 bits per heavy atom. The Labute approximate surface area is 118 Å². The third-order valence-corrected chi connectivity index (χ3v) is 3.58. The number of benzene rings is 1. The number of para-hydroxylation sites is 1. The lowest BCUT2D eigenvalue weighted by Gasteiger charge is -2.11. The highest BCUT2D eigenvalue weighted by Crippen LogP contribution is 2.25. The molecule has 8 heteroatoms. The molecule has 6 N–H and O–H groups in total. The molecular weight excluding hydrogens is 280 g/mol. The molecule has 0 atom stereocenters. The molecular formula is C12H20N4O3S. The summed E-state index contributed by atoms with van der Waals surface area (Å²) in [5.74, 6) is -0.0690. The first-order valence-electron chi connectivity index (χ1n) is 6.28. The summed E-state index contributed by atoms with van der Waals surface area (Å²) in [5, 5.41) is 10.7. The molecule has 1 aromatic rings. The van der Waals surface area contributed by atoms with Gasteiger partial charge in [-0.15, -0.1) is 0 Å². The van der Waals surface area contributed by atoms with E-state index in [-0.39, 0.29) is 22.9 Å². The van der Waals surface area contributed by atoms with Crippen LogP contribution in [-0.4, -0.2) is 27.4 Å². The van der Waals surface area contributed by atoms with E-state index in [1.165, 1.54) is 12.1 Å². The van der Waals surface area contributed by atoms with Gasteiger partial charge >= 0.3 is 0 Å². The molecule has 20 heavy (non-hydrogen) atoms. The van der Waals surface area contributed by atoms with E-state index >= 15 is 0 Å². The number of nitrogens with one attached hydrogen (secondary N) is 2. The van der Waals surface area contributed by atoms with Gasteiger partial charge in [0.05, 0.1) is 11.4 Å². The number of anilines is 2. The van der Waals surface area contributed by atoms with Crippen LogP contribution < -0.4 is 21.5 Å². The summed E-state index contributed by atoms with van der Waals surface area (Å²) >= 11 is 0. The Morgan fingerprint density at radius 2 is 2.00 bits per heavy atom. The maximum Gasteiger partial charge on any atom is 0.240 e. The number of sulfonamides is 1. The highest BCUT2D eigenvalue weighted by Gasteiger charge is 2.14. The van der Waals surface area contributed by atoms with Gasteiger partial charge in [0.2, 0.25) is 15.9 Å². The van der Waals surface area contributed by atoms with Crippen LogP contribution in [0.25, 0.3) is 0 Å². The van der Waals surface area contributed by atoms with Gasteiger partial charge in [-0.05, 0) is 18.6 Å². The smallest absolute Gasteiger partial charge is 0.240 e. The lowest BCUT2D eigenvalue weighted by Crippen LogP contribution is -2.26. The van der Waals surface area contributed by atoms with Crippen LogP contribution in [0.5, 0.6) is 0 Å². The highest BCUT2D eigenvalue weighted by atomic mass is 32.2. The Hall–Kier alpha value is -1.80. The average molecular weight is 300 g/mol. The van der Waals surface area contributed by atoms with Crippen molar-refractivity contribution in [3.8, 4) is 0 Å². The van der Waals surface area contributed by atoms with E-state index in [9.17, 15) is 13.2 Å². The van der Waals surface area contributed by atoms with Gasteiger partial charge in [-0.25, -0.2) is 13.6 Å². The molecule has 0 radical (unpaired) electrons. The lowest BCUT2D eigenvalue weighted by molar-refractivity contribution is -0.120. The molecule has 1 amide bonds. The van der Waals surface area contributed by atoms with Gasteiger partial charge in [-0.1, -0.05) is 13.0 Å². The predicted molar refractivity (Wildman–Crippen MR) is 78.6 cm³/mol. The van der Waals surface area contributed by atoms with E-state index in [0.29, 0.717) is 18.8 Å². The highest BCUT2D eigenvalue weighted by molar-refractivity contribution is 7.89. The zero-order chi connectivity index (χ0) is 15.2. The summed E-state index contributed by atoms with van der Waals surface area (Å²) in [7, 11) is -3.85. The van der Waals surface area contributed by atoms with Crippen LogP contribution >= 0.6 is 0 Å². The summed E-state index contributed by atoms with van der Waals surface area (Å²) in [4.78, 5) is 11.3. The number of amides is 1. The van der Waals surface area contributed by atoms with E-state index in [0.717, 1.165) is 6.42 Å². The first-order valence-corrected chi connectivity index (χ1v) is 7.82. The molecule has 0 saturated heterocycles. The first kappa shape index (κ1) is 16.3. The monoisotopic (exact) mass is 300 g/mol. The lowest BCUT2D eigenvalue weighted by atomic mass is 10.2. The maximum atomic E-state index is 11.4. The van der Waals surface area contributed by atoms with Crippen molar-refractivity contribution in [3.05, 3.63) is 18.2 Å². The third-order valence-electron chi connectivity index (χ3n) is 2.61. The van der Waals surface area contributed by atoms with Gasteiger partial charge in [-0.2, -0.15) is 0 Å². The number of hydrogen-bond acceptors (Lipinski definition) is 5. The molecule has 0 fully saturated rings. The Kier molecular flexibility index (Phi) is 5.78. The van der Waals surface area contributed by atoms with Crippen molar-refractivity contribution in [2.75, 3.05) is 24.1 Å². The van der Waals surface area contributed by atoms with Crippen LogP contribution in [0.3, 0.4) is 0 Å². The van der Waals surface area contributed by atoms with Crippen molar-refractivity contribution in [1.82, 2.24) is 5.32 Å². The second kappa shape index (κ2) is 7.11. The number of primary sulfonamides is 1. The van der Waals surface area contributed by atoms with Crippen molar-refractivity contribution < 1.29 is 13.2 Å². The van der Waals surface area contributed by atoms with E-state index < -0.39 is 10.0 Å². The number of carbonyl (C=O) groups excluding carboxylic acids is 1. The average Bonchev–Trinajstić information content (AvgIpc) is 2.37. The predicted octanol–water partition coefficient (Wildman–Crippen LogP) is 0.244. The molecule has 0 aromatic heterocycles. The van der Waals surface area contributed by atoms with E-state index in [4.69, 9.17) is 10.9 Å². The van der Waals surface area contributed by atoms with E-state index in [1.54, 1.807) is 6.07 Å². The normalized spacial score (nSPS) is 11.1. The summed E-state index contributed by atoms with van der Waals surface area (Å²) < 4.78 is 22.6. The number of carbonyl (C=O) groups is 1. The molecule has 1 aromatic carbocycles. The van der Waals surface area contributed by atoms with Gasteiger partial charge in [0.25, 0.3) is 0 Å². The molecule has 0 saturated carbocycles. The Morgan fingerprint density at radius 1 is 1.30 bits per heavy atom. The van der Waals surface area contributed by atoms with Gasteiger partial charge < -0.3 is 16.4 Å². The van der Waals surface area contributed by atoms with Gasteiger partial charge in [0.1, 0.15) is 4.90 Å². The summed E-state index contributed by atoms with van der Waals surface area (Å²) in [6.45, 7) is 2.97. The van der Waals surface area contributed by atoms with Crippen molar-refractivity contribution in [2.45, 2.75) is 24.7 Å². The number of nitrogens with two attached hydrogens (primary N) is 2. The van der Waals surface area contributed by atoms with E-state index in [1.807, 2.05) is 6.92 Å². The largest absolute Gasteiger partial charge is 0.396 e. The molecule has 1 rings (SSSR count). The second-order valence-corrected chi connectivity index (χ2v) is 5.82. The topological polar surface area (TPSA) is 127 Å². The van der Waals surface area contributed by atoms with Crippen LogP contribution in [-0.2, 0) is 14.8 Å². The van der Waals surface area contributed by atoms with Gasteiger partial charge in [0, 0.05) is 19.5 Å². The van der Waals surface area contributed by atoms with E-state index in [2.05, 4.69) is 10.6 Å². The van der Waals surface area contributed by atoms with Crippen LogP contribution in [0.4, 0.5) is 11.4 Å². The fraction of sp³-hybridized carbons (Fsp3) is 0.417. The number of hydrogen-bond donors (Lipinski definition) is 4. The molecule has 112 valence electrons. The fourth-order valence-corrected chi connectivity index (χ4v) is 2.29. The molecule has 0 heterocycles. The molecule has 0 aliphatic carbocycles. The zero-order valence-electron chi connectivity index (χ0n) is 11.3. The minimum atomic E-state index is -3.85. The number of nitrogen functional groups attached to an aromatic ring is 1. The molecule has 0 unspecified atom stereocenters. The van der Waals surface area contributed by atoms with Gasteiger partial charge in [-0.3, -0.25) is 4.79 Å². The number of rotatable bonds is 7. The summed E-state index contributed by atoms with van der Waals surface area (Å²) in [6.07, 6.45) is 1.15. The minimum Gasteiger partial charge on any atom is -0.396 e. The van der Waals surface area contributed by atoms with Crippen LogP contribution in [0.2, 0.25) is 0 Å². The maximum absolute atomic E-state index is 11.4. The molecule has 0 spiro atoms. The Bertz CT molecular complexity index is 572. The standard InChI is InChI=1S/C12H20N4O3S/c1-2-7-16-11(17)6-8-15-9-4-3-5-10(12(9)13)20(14,18)19/h3-5,15H,2,6-8,13H2,1H3,(H,16,17)(H2,14,18,19). The molecule has 7 nitrogen and oxygen atoms in total. The van der Waals surface area contributed by atoms with Crippen LogP contribution in [0.1, 0.15) is 19.8 Å². The van der Waals surface area contributed by atoms with Gasteiger partial charge in [0.15, 0.2) is 0 Å². The molecule has 0 aliphatic heterocycles. The summed E-state index contributed by atoms with van der Waals surface area (Å²) in [6, 6.07) is 4.51. The van der Waals surface area contributed by atoms with Crippen molar-refractivity contribution in [1.29, 1.82) is 0 Å². The van der Waals surface area contributed by atoms with Crippen LogP contribution in [0, 0.1) is 0 Å². The first-order chi connectivity index (χ1) is 9.36. The quantitative estimate of drug-likeness (QED) is 0.537. The second-order valence-electron chi connectivity index (χ2n) is 4.29. The summed E-state index contributed by atoms with van der Waals surface area (Å²) in [5.41, 5.74) is 6.25. The van der Waals surface area contributed by atoms with Crippen LogP contribution in [0.15, 0.2) is 23.1 Å². The van der Waals surface area contributed by atoms with Crippen molar-refractivity contribution >= 4 is 27.3 Å². The van der Waals surface area contributed by atoms with Crippen molar-refractivity contribution in [2.24, 2.45) is 5.14 Å². The zero-order valence-corrected chi connectivity index (χ0v) is 12.2. The van der Waals surface area contributed by atoms with Crippen molar-refractivity contribution in [3.63, 3.8) is 0 Å². The molecule has 0 aliphatic rings. The Balaban J connectivity index is 2.64. The SMILES string of the molecule is CCCNC(=O)CCNc1cccc(S(N)(=O)=O)c1N. The molecule has 0 bridgehead atoms. The minimum absolute atomic E-state index is 0.0592.